The Morgan fingerprint density at radius 2 is 1.88 bits per heavy atom. The van der Waals surface area contributed by atoms with E-state index in [4.69, 9.17) is 15.9 Å². The second kappa shape index (κ2) is 4.87. The van der Waals surface area contributed by atoms with Crippen molar-refractivity contribution in [3.63, 3.8) is 0 Å². The smallest absolute Gasteiger partial charge is 0.127 e. The van der Waals surface area contributed by atoms with Crippen LogP contribution in [0.5, 0.6) is 5.75 Å². The van der Waals surface area contributed by atoms with E-state index in [1.54, 1.807) is 0 Å². The summed E-state index contributed by atoms with van der Waals surface area (Å²) in [6.45, 7) is 2.77. The van der Waals surface area contributed by atoms with Crippen LogP contribution < -0.4 is 10.5 Å². The lowest BCUT2D eigenvalue weighted by molar-refractivity contribution is 0.321. The van der Waals surface area contributed by atoms with Crippen LogP contribution in [0.1, 0.15) is 18.9 Å². The van der Waals surface area contributed by atoms with Crippen LogP contribution in [-0.2, 0) is 0 Å². The highest BCUT2D eigenvalue weighted by atomic mass is 16.5. The summed E-state index contributed by atoms with van der Waals surface area (Å²) >= 11 is 0. The van der Waals surface area contributed by atoms with Gasteiger partial charge in [-0.2, -0.15) is 0 Å². The van der Waals surface area contributed by atoms with Gasteiger partial charge in [0.05, 0.1) is 6.61 Å². The molecule has 0 saturated carbocycles. The zero-order valence-electron chi connectivity index (χ0n) is 9.86. The first-order valence-electron chi connectivity index (χ1n) is 5.73. The van der Waals surface area contributed by atoms with Crippen molar-refractivity contribution in [2.75, 3.05) is 6.61 Å². The largest absolute Gasteiger partial charge is 0.493 e. The zero-order valence-corrected chi connectivity index (χ0v) is 9.86. The number of benzene rings is 2. The molecule has 3 N–H and O–H groups in total. The molecular formula is C14H16N2O. The highest BCUT2D eigenvalue weighted by molar-refractivity contribution is 6.09. The molecule has 2 aromatic carbocycles. The van der Waals surface area contributed by atoms with Crippen LogP contribution >= 0.6 is 0 Å². The first-order valence-corrected chi connectivity index (χ1v) is 5.73. The van der Waals surface area contributed by atoms with Gasteiger partial charge in [-0.1, -0.05) is 31.2 Å². The summed E-state index contributed by atoms with van der Waals surface area (Å²) in [5.41, 5.74) is 6.33. The fourth-order valence-electron chi connectivity index (χ4n) is 1.84. The predicted molar refractivity (Wildman–Crippen MR) is 70.8 cm³/mol. The Hall–Kier alpha value is -2.03. The van der Waals surface area contributed by atoms with Gasteiger partial charge in [-0.05, 0) is 23.9 Å². The predicted octanol–water partition coefficient (Wildman–Crippen LogP) is 2.91. The van der Waals surface area contributed by atoms with Crippen molar-refractivity contribution >= 4 is 16.6 Å². The van der Waals surface area contributed by atoms with E-state index in [0.29, 0.717) is 6.61 Å². The maximum atomic E-state index is 7.56. The van der Waals surface area contributed by atoms with Gasteiger partial charge in [0.25, 0.3) is 0 Å². The molecule has 3 heteroatoms. The number of rotatable bonds is 4. The normalized spacial score (nSPS) is 10.4. The summed E-state index contributed by atoms with van der Waals surface area (Å²) in [4.78, 5) is 0. The maximum absolute atomic E-state index is 7.56. The van der Waals surface area contributed by atoms with E-state index >= 15 is 0 Å². The van der Waals surface area contributed by atoms with Gasteiger partial charge >= 0.3 is 0 Å². The molecular weight excluding hydrogens is 212 g/mol. The lowest BCUT2D eigenvalue weighted by atomic mass is 10.0. The Morgan fingerprint density at radius 3 is 2.53 bits per heavy atom. The van der Waals surface area contributed by atoms with Gasteiger partial charge in [0.1, 0.15) is 11.6 Å². The van der Waals surface area contributed by atoms with Crippen LogP contribution in [0.4, 0.5) is 0 Å². The van der Waals surface area contributed by atoms with Crippen molar-refractivity contribution in [3.05, 3.63) is 42.0 Å². The number of hydrogen-bond donors (Lipinski definition) is 2. The standard InChI is InChI=1S/C14H16N2O/c1-2-9-17-13-8-7-12(14(15)16)10-5-3-4-6-11(10)13/h3-8H,2,9H2,1H3,(H3,15,16). The van der Waals surface area contributed by atoms with E-state index in [9.17, 15) is 0 Å². The molecule has 0 radical (unpaired) electrons. The number of nitrogen functional groups attached to an aromatic ring is 1. The lowest BCUT2D eigenvalue weighted by Gasteiger charge is -2.11. The molecule has 0 bridgehead atoms. The number of amidine groups is 1. The first-order chi connectivity index (χ1) is 8.24. The summed E-state index contributed by atoms with van der Waals surface area (Å²) < 4.78 is 5.69. The highest BCUT2D eigenvalue weighted by Gasteiger charge is 2.07. The van der Waals surface area contributed by atoms with Crippen LogP contribution in [0.25, 0.3) is 10.8 Å². The van der Waals surface area contributed by atoms with Crippen LogP contribution in [0.2, 0.25) is 0 Å². The number of nitrogens with two attached hydrogens (primary N) is 1. The number of fused-ring (bicyclic) bond motifs is 1. The Balaban J connectivity index is 2.58. The minimum atomic E-state index is 0.0863. The topological polar surface area (TPSA) is 59.1 Å². The van der Waals surface area contributed by atoms with Crippen molar-refractivity contribution < 1.29 is 4.74 Å². The third-order valence-electron chi connectivity index (χ3n) is 2.64. The summed E-state index contributed by atoms with van der Waals surface area (Å²) in [5, 5.41) is 9.54. The molecule has 3 nitrogen and oxygen atoms in total. The van der Waals surface area contributed by atoms with Crippen LogP contribution in [0.3, 0.4) is 0 Å². The van der Waals surface area contributed by atoms with Gasteiger partial charge in [0.15, 0.2) is 0 Å². The Labute approximate surface area is 101 Å². The molecule has 0 unspecified atom stereocenters. The molecule has 0 spiro atoms. The van der Waals surface area contributed by atoms with E-state index in [1.165, 1.54) is 0 Å². The summed E-state index contributed by atoms with van der Waals surface area (Å²) in [6, 6.07) is 11.6. The molecule has 0 fully saturated rings. The Kier molecular flexibility index (Phi) is 3.28. The summed E-state index contributed by atoms with van der Waals surface area (Å²) in [5.74, 6) is 0.940. The molecule has 0 saturated heterocycles. The molecule has 0 aliphatic carbocycles. The molecule has 88 valence electrons. The van der Waals surface area contributed by atoms with E-state index in [1.807, 2.05) is 36.4 Å². The van der Waals surface area contributed by atoms with Gasteiger partial charge in [0, 0.05) is 10.9 Å². The van der Waals surface area contributed by atoms with Crippen LogP contribution in [-0.4, -0.2) is 12.4 Å². The minimum absolute atomic E-state index is 0.0863. The third-order valence-corrected chi connectivity index (χ3v) is 2.64. The second-order valence-corrected chi connectivity index (χ2v) is 3.92. The van der Waals surface area contributed by atoms with Crippen molar-refractivity contribution in [1.29, 1.82) is 5.41 Å². The number of nitrogens with one attached hydrogen (secondary N) is 1. The van der Waals surface area contributed by atoms with E-state index in [2.05, 4.69) is 6.92 Å². The van der Waals surface area contributed by atoms with Crippen LogP contribution in [0.15, 0.2) is 36.4 Å². The molecule has 0 aromatic heterocycles. The maximum Gasteiger partial charge on any atom is 0.127 e. The fraction of sp³-hybridized carbons (Fsp3) is 0.214. The molecule has 0 amide bonds. The molecule has 0 aliphatic heterocycles. The van der Waals surface area contributed by atoms with Gasteiger partial charge in [0.2, 0.25) is 0 Å². The average molecular weight is 228 g/mol. The first kappa shape index (κ1) is 11.5. The average Bonchev–Trinajstić information content (AvgIpc) is 2.35. The van der Waals surface area contributed by atoms with Crippen LogP contribution in [0, 0.1) is 5.41 Å². The van der Waals surface area contributed by atoms with Gasteiger partial charge in [-0.3, -0.25) is 5.41 Å². The van der Waals surface area contributed by atoms with E-state index in [0.717, 1.165) is 28.5 Å². The number of hydrogen-bond acceptors (Lipinski definition) is 2. The minimum Gasteiger partial charge on any atom is -0.493 e. The molecule has 2 rings (SSSR count). The number of ether oxygens (including phenoxy) is 1. The SMILES string of the molecule is CCCOc1ccc(C(=N)N)c2ccccc12. The third kappa shape index (κ3) is 2.23. The van der Waals surface area contributed by atoms with Gasteiger partial charge in [-0.25, -0.2) is 0 Å². The molecule has 0 aliphatic rings. The van der Waals surface area contributed by atoms with Gasteiger partial charge in [-0.15, -0.1) is 0 Å². The lowest BCUT2D eigenvalue weighted by Crippen LogP contribution is -2.11. The van der Waals surface area contributed by atoms with Crippen molar-refractivity contribution in [2.45, 2.75) is 13.3 Å². The monoisotopic (exact) mass is 228 g/mol. The summed E-state index contributed by atoms with van der Waals surface area (Å²) in [6.07, 6.45) is 0.975. The van der Waals surface area contributed by atoms with E-state index < -0.39 is 0 Å². The fourth-order valence-corrected chi connectivity index (χ4v) is 1.84. The Morgan fingerprint density at radius 1 is 1.18 bits per heavy atom. The molecule has 0 heterocycles. The van der Waals surface area contributed by atoms with Crippen molar-refractivity contribution in [1.82, 2.24) is 0 Å². The molecule has 17 heavy (non-hydrogen) atoms. The second-order valence-electron chi connectivity index (χ2n) is 3.92. The Bertz CT molecular complexity index is 549. The molecule has 0 atom stereocenters. The highest BCUT2D eigenvalue weighted by Crippen LogP contribution is 2.28. The van der Waals surface area contributed by atoms with E-state index in [-0.39, 0.29) is 5.84 Å². The van der Waals surface area contributed by atoms with Gasteiger partial charge < -0.3 is 10.5 Å². The van der Waals surface area contributed by atoms with Crippen molar-refractivity contribution in [2.24, 2.45) is 5.73 Å². The molecule has 2 aromatic rings. The zero-order chi connectivity index (χ0) is 12.3. The quantitative estimate of drug-likeness (QED) is 0.624. The summed E-state index contributed by atoms with van der Waals surface area (Å²) in [7, 11) is 0. The van der Waals surface area contributed by atoms with Crippen molar-refractivity contribution in [3.8, 4) is 5.75 Å².